The lowest BCUT2D eigenvalue weighted by Gasteiger charge is -2.31. The van der Waals surface area contributed by atoms with Crippen molar-refractivity contribution in [3.05, 3.63) is 29.8 Å². The number of aromatic hydroxyl groups is 1. The summed E-state index contributed by atoms with van der Waals surface area (Å²) in [7, 11) is 0. The van der Waals surface area contributed by atoms with E-state index in [0.29, 0.717) is 56.4 Å². The normalized spacial score (nSPS) is 19.0. The van der Waals surface area contributed by atoms with Crippen molar-refractivity contribution in [2.45, 2.75) is 133 Å². The number of hydrogen-bond acceptors (Lipinski definition) is 13. The first kappa shape index (κ1) is 52.7. The third-order valence-corrected chi connectivity index (χ3v) is 12.1. The summed E-state index contributed by atoms with van der Waals surface area (Å²) >= 11 is 5.78. The molecular weight excluding hydrogens is 855 g/mol. The van der Waals surface area contributed by atoms with E-state index < -0.39 is 95.7 Å². The Balaban J connectivity index is 1.69. The maximum Gasteiger partial charge on any atom is 0.326 e. The third kappa shape index (κ3) is 16.2. The number of aliphatic carboxylic acids is 1. The summed E-state index contributed by atoms with van der Waals surface area (Å²) in [4.78, 5) is 110. The Hall–Kier alpha value is -4.60. The number of thioether (sulfide) groups is 1. The van der Waals surface area contributed by atoms with Gasteiger partial charge < -0.3 is 58.1 Å². The summed E-state index contributed by atoms with van der Waals surface area (Å²) in [6, 6.07) is -2.45. The minimum absolute atomic E-state index is 0.0142. The number of carboxylic acid groups (broad SMARTS) is 1. The number of nitrogens with two attached hydrogens (primary N) is 2. The fourth-order valence-corrected chi connectivity index (χ4v) is 8.35. The second-order valence-electron chi connectivity index (χ2n) is 16.5. The van der Waals surface area contributed by atoms with Crippen LogP contribution in [0.3, 0.4) is 0 Å². The van der Waals surface area contributed by atoms with Crippen LogP contribution in [0.1, 0.15) is 84.1 Å². The van der Waals surface area contributed by atoms with Crippen LogP contribution >= 0.6 is 24.4 Å². The smallest absolute Gasteiger partial charge is 0.326 e. The van der Waals surface area contributed by atoms with E-state index in [0.717, 1.165) is 0 Å². The molecule has 8 atom stereocenters. The number of thiol groups is 1. The van der Waals surface area contributed by atoms with Gasteiger partial charge in [-0.3, -0.25) is 33.6 Å². The first-order valence-corrected chi connectivity index (χ1v) is 23.6. The van der Waals surface area contributed by atoms with Crippen LogP contribution in [0, 0.1) is 5.92 Å². The highest BCUT2D eigenvalue weighted by Gasteiger charge is 2.41. The van der Waals surface area contributed by atoms with Crippen molar-refractivity contribution >= 4 is 71.7 Å². The molecule has 2 fully saturated rings. The molecule has 0 unspecified atom stereocenters. The molecule has 2 heterocycles. The molecule has 0 aliphatic carbocycles. The molecule has 0 saturated carbocycles. The lowest BCUT2D eigenvalue weighted by molar-refractivity contribution is -0.149. The Morgan fingerprint density at radius 2 is 1.33 bits per heavy atom. The number of amides is 7. The van der Waals surface area contributed by atoms with Crippen molar-refractivity contribution in [3.8, 4) is 5.75 Å². The van der Waals surface area contributed by atoms with E-state index in [-0.39, 0.29) is 56.2 Å². The fourth-order valence-electron chi connectivity index (χ4n) is 7.61. The number of likely N-dealkylation sites (tertiary alicyclic amines) is 2. The molecule has 3 rings (SSSR count). The predicted octanol–water partition coefficient (Wildman–Crippen LogP) is -0.369. The topological polar surface area (TPSA) is 296 Å². The number of rotatable bonds is 25. The van der Waals surface area contributed by atoms with Gasteiger partial charge >= 0.3 is 5.97 Å². The highest BCUT2D eigenvalue weighted by Crippen LogP contribution is 2.22. The number of phenolic OH excluding ortho intramolecular Hbond substituents is 1. The predicted molar refractivity (Wildman–Crippen MR) is 241 cm³/mol. The lowest BCUT2D eigenvalue weighted by Crippen LogP contribution is -2.60. The summed E-state index contributed by atoms with van der Waals surface area (Å²) in [5.41, 5.74) is 12.4. The van der Waals surface area contributed by atoms with Gasteiger partial charge in [-0.25, -0.2) is 4.79 Å². The summed E-state index contributed by atoms with van der Waals surface area (Å²) in [5, 5.41) is 32.9. The van der Waals surface area contributed by atoms with Crippen LogP contribution in [0.15, 0.2) is 24.3 Å². The van der Waals surface area contributed by atoms with E-state index in [2.05, 4.69) is 39.2 Å². The summed E-state index contributed by atoms with van der Waals surface area (Å²) in [6.45, 7) is 5.98. The summed E-state index contributed by atoms with van der Waals surface area (Å²) in [6.07, 6.45) is 5.35. The molecule has 352 valence electrons. The number of benzene rings is 1. The van der Waals surface area contributed by atoms with E-state index in [4.69, 9.17) is 11.5 Å². The highest BCUT2D eigenvalue weighted by molar-refractivity contribution is 7.98. The van der Waals surface area contributed by atoms with E-state index in [1.807, 2.05) is 20.1 Å². The van der Waals surface area contributed by atoms with Crippen molar-refractivity contribution in [2.24, 2.45) is 17.4 Å². The number of unbranched alkanes of at least 4 members (excludes halogenated alkanes) is 1. The molecule has 19 nitrogen and oxygen atoms in total. The highest BCUT2D eigenvalue weighted by atomic mass is 32.2. The molecular formula is C42H67N9O10S2. The Labute approximate surface area is 379 Å². The van der Waals surface area contributed by atoms with Gasteiger partial charge in [-0.15, -0.1) is 0 Å². The number of hydrogen-bond donors (Lipinski definition) is 10. The number of nitrogens with one attached hydrogen (secondary N) is 5. The summed E-state index contributed by atoms with van der Waals surface area (Å²) < 4.78 is 0. The molecule has 21 heteroatoms. The molecule has 0 aromatic heterocycles. The van der Waals surface area contributed by atoms with Crippen LogP contribution in [-0.4, -0.2) is 153 Å². The quantitative estimate of drug-likeness (QED) is 0.0443. The van der Waals surface area contributed by atoms with Gasteiger partial charge in [-0.1, -0.05) is 26.0 Å². The van der Waals surface area contributed by atoms with Crippen LogP contribution in [0.4, 0.5) is 0 Å². The average molecular weight is 922 g/mol. The molecule has 2 aliphatic heterocycles. The van der Waals surface area contributed by atoms with Gasteiger partial charge in [0.1, 0.15) is 48.0 Å². The molecule has 1 aromatic rings. The Morgan fingerprint density at radius 1 is 0.762 bits per heavy atom. The summed E-state index contributed by atoms with van der Waals surface area (Å²) in [5.74, 6) is -5.00. The minimum atomic E-state index is -1.24. The van der Waals surface area contributed by atoms with Crippen LogP contribution < -0.4 is 38.1 Å². The maximum atomic E-state index is 13.9. The second-order valence-corrected chi connectivity index (χ2v) is 17.9. The van der Waals surface area contributed by atoms with Crippen LogP contribution in [-0.2, 0) is 44.8 Å². The van der Waals surface area contributed by atoms with Crippen LogP contribution in [0.5, 0.6) is 5.75 Å². The maximum absolute atomic E-state index is 13.9. The van der Waals surface area contributed by atoms with Crippen molar-refractivity contribution in [1.82, 2.24) is 36.4 Å². The van der Waals surface area contributed by atoms with Gasteiger partial charge in [0, 0.05) is 25.3 Å². The molecule has 11 N–H and O–H groups in total. The van der Waals surface area contributed by atoms with Crippen molar-refractivity contribution in [2.75, 3.05) is 37.4 Å². The number of carboxylic acids is 1. The lowest BCUT2D eigenvalue weighted by atomic mass is 10.0. The van der Waals surface area contributed by atoms with Crippen molar-refractivity contribution in [1.29, 1.82) is 0 Å². The molecule has 63 heavy (non-hydrogen) atoms. The van der Waals surface area contributed by atoms with Gasteiger partial charge in [-0.05, 0) is 107 Å². The molecule has 0 radical (unpaired) electrons. The monoisotopic (exact) mass is 921 g/mol. The average Bonchev–Trinajstić information content (AvgIpc) is 3.95. The number of nitrogens with zero attached hydrogens (tertiary/aromatic N) is 2. The molecule has 2 aliphatic rings. The largest absolute Gasteiger partial charge is 0.508 e. The van der Waals surface area contributed by atoms with Gasteiger partial charge in [0.15, 0.2) is 0 Å². The van der Waals surface area contributed by atoms with Gasteiger partial charge in [-0.2, -0.15) is 24.4 Å². The number of carbonyl (C=O) groups excluding carboxylic acids is 7. The van der Waals surface area contributed by atoms with Gasteiger partial charge in [0.25, 0.3) is 0 Å². The second kappa shape index (κ2) is 26.3. The van der Waals surface area contributed by atoms with Crippen LogP contribution in [0.25, 0.3) is 0 Å². The van der Waals surface area contributed by atoms with Crippen LogP contribution in [0.2, 0.25) is 0 Å². The third-order valence-electron chi connectivity index (χ3n) is 11.1. The van der Waals surface area contributed by atoms with Gasteiger partial charge in [0.05, 0.1) is 6.04 Å². The molecule has 1 aromatic carbocycles. The zero-order valence-corrected chi connectivity index (χ0v) is 38.4. The Kier molecular flexibility index (Phi) is 22.0. The Bertz CT molecular complexity index is 1740. The van der Waals surface area contributed by atoms with Gasteiger partial charge in [0.2, 0.25) is 41.4 Å². The first-order chi connectivity index (χ1) is 29.9. The van der Waals surface area contributed by atoms with E-state index in [9.17, 15) is 48.6 Å². The minimum Gasteiger partial charge on any atom is -0.508 e. The first-order valence-electron chi connectivity index (χ1n) is 21.6. The van der Waals surface area contributed by atoms with Crippen molar-refractivity contribution in [3.63, 3.8) is 0 Å². The number of carbonyl (C=O) groups is 8. The zero-order valence-electron chi connectivity index (χ0n) is 36.7. The van der Waals surface area contributed by atoms with Crippen molar-refractivity contribution < 1.29 is 48.6 Å². The molecule has 0 bridgehead atoms. The molecule has 2 saturated heterocycles. The Morgan fingerprint density at radius 3 is 1.92 bits per heavy atom. The molecule has 0 spiro atoms. The fraction of sp³-hybridized carbons (Fsp3) is 0.667. The number of phenols is 1. The molecule has 7 amide bonds. The zero-order chi connectivity index (χ0) is 46.8. The standard InChI is InChI=1S/C42H67N9O10S2/c1-24(2)21-30(36(54)46-29(9-5-6-17-43)41(59)51-19-8-11-34(51)42(60)61)48-39(57)33-10-7-18-50(33)40(58)25(3)45-38(56)32(23-62)49-37(55)31(22-26-12-14-27(52)15-13-26)47-35(53)28(44)16-20-63-4/h12-15,24-25,28-34,52,62H,5-11,16-23,43-44H2,1-4H3,(H,45,56)(H,46,54)(H,47,53)(H,48,57)(H,49,55)(H,60,61)/t25-,28-,29-,30-,31-,32-,33-,34-/m0/s1. The van der Waals surface area contributed by atoms with E-state index in [1.54, 1.807) is 12.1 Å². The SMILES string of the molecule is CSCC[C@H](N)C(=O)N[C@@H](Cc1ccc(O)cc1)C(=O)N[C@@H](CS)C(=O)N[C@@H](C)C(=O)N1CCC[C@H]1C(=O)N[C@@H](CC(C)C)C(=O)N[C@@H](CCCCN)C(=O)N1CCC[C@H]1C(=O)O. The van der Waals surface area contributed by atoms with E-state index in [1.165, 1.54) is 40.6 Å². The van der Waals surface area contributed by atoms with E-state index >= 15 is 0 Å².